The van der Waals surface area contributed by atoms with Gasteiger partial charge in [-0.1, -0.05) is 11.6 Å². The number of nitrogens with zero attached hydrogens (tertiary/aromatic N) is 1. The Morgan fingerprint density at radius 1 is 1.45 bits per heavy atom. The van der Waals surface area contributed by atoms with E-state index in [2.05, 4.69) is 0 Å². The molecule has 0 saturated carbocycles. The Morgan fingerprint density at radius 3 is 3.00 bits per heavy atom. The summed E-state index contributed by atoms with van der Waals surface area (Å²) < 4.78 is 5.60. The number of benzene rings is 1. The Morgan fingerprint density at radius 2 is 2.27 bits per heavy atom. The van der Waals surface area contributed by atoms with Crippen LogP contribution >= 0.6 is 11.6 Å². The van der Waals surface area contributed by atoms with Crippen LogP contribution in [0.25, 0.3) is 6.08 Å². The van der Waals surface area contributed by atoms with Crippen LogP contribution in [-0.4, -0.2) is 53.4 Å². The van der Waals surface area contributed by atoms with E-state index in [-0.39, 0.29) is 31.6 Å². The van der Waals surface area contributed by atoms with Gasteiger partial charge in [0.1, 0.15) is 12.4 Å². The maximum absolute atomic E-state index is 12.6. The zero-order chi connectivity index (χ0) is 15.7. The zero-order valence-corrected chi connectivity index (χ0v) is 12.8. The Bertz CT molecular complexity index is 616. The van der Waals surface area contributed by atoms with Crippen molar-refractivity contribution in [3.63, 3.8) is 0 Å². The number of rotatable bonds is 2. The van der Waals surface area contributed by atoms with E-state index < -0.39 is 6.10 Å². The van der Waals surface area contributed by atoms with Crippen LogP contribution in [0.1, 0.15) is 12.0 Å². The fourth-order valence-corrected chi connectivity index (χ4v) is 3.03. The van der Waals surface area contributed by atoms with E-state index in [1.54, 1.807) is 29.2 Å². The van der Waals surface area contributed by atoms with Crippen LogP contribution in [0, 0.1) is 5.92 Å². The van der Waals surface area contributed by atoms with Gasteiger partial charge >= 0.3 is 0 Å². The van der Waals surface area contributed by atoms with Crippen molar-refractivity contribution in [2.45, 2.75) is 12.5 Å². The van der Waals surface area contributed by atoms with E-state index in [1.165, 1.54) is 0 Å². The molecule has 0 unspecified atom stereocenters. The number of piperidine rings is 1. The predicted octanol–water partition coefficient (Wildman–Crippen LogP) is 1.32. The van der Waals surface area contributed by atoms with Gasteiger partial charge in [-0.2, -0.15) is 0 Å². The maximum atomic E-state index is 12.6. The molecule has 0 aliphatic carbocycles. The number of fused-ring (bicyclic) bond motifs is 1. The number of amides is 1. The minimum Gasteiger partial charge on any atom is -0.488 e. The second kappa shape index (κ2) is 6.28. The first kappa shape index (κ1) is 15.3. The summed E-state index contributed by atoms with van der Waals surface area (Å²) in [6.07, 6.45) is 1.70. The third-order valence-electron chi connectivity index (χ3n) is 4.20. The topological polar surface area (TPSA) is 70.0 Å². The number of hydrogen-bond donors (Lipinski definition) is 2. The van der Waals surface area contributed by atoms with Crippen LogP contribution in [0.3, 0.4) is 0 Å². The monoisotopic (exact) mass is 323 g/mol. The number of halogens is 1. The standard InChI is InChI=1S/C16H18ClNO4/c17-13-1-2-15-11(6-13)5-12(9-22-15)16(21)18-4-3-10(8-19)14(20)7-18/h1-2,5-6,10,14,19-20H,3-4,7-9H2/t10-,14+/m1/s1. The van der Waals surface area contributed by atoms with Crippen LogP contribution in [0.15, 0.2) is 23.8 Å². The van der Waals surface area contributed by atoms with Crippen molar-refractivity contribution in [2.24, 2.45) is 5.92 Å². The number of β-amino-alcohol motifs (C(OH)–C–C–N with tert-alkyl or cyclic N) is 1. The van der Waals surface area contributed by atoms with Gasteiger partial charge in [-0.15, -0.1) is 0 Å². The molecule has 1 amide bonds. The first-order valence-electron chi connectivity index (χ1n) is 7.29. The molecule has 0 spiro atoms. The highest BCUT2D eigenvalue weighted by Crippen LogP contribution is 2.30. The average Bonchev–Trinajstić information content (AvgIpc) is 2.53. The molecule has 1 aromatic carbocycles. The van der Waals surface area contributed by atoms with Crippen LogP contribution in [0.2, 0.25) is 5.02 Å². The van der Waals surface area contributed by atoms with E-state index in [9.17, 15) is 9.90 Å². The summed E-state index contributed by atoms with van der Waals surface area (Å²) in [6, 6.07) is 5.29. The van der Waals surface area contributed by atoms with E-state index in [0.717, 1.165) is 5.56 Å². The molecule has 3 rings (SSSR count). The van der Waals surface area contributed by atoms with Gasteiger partial charge in [0.15, 0.2) is 0 Å². The number of likely N-dealkylation sites (tertiary alicyclic amines) is 1. The van der Waals surface area contributed by atoms with Gasteiger partial charge in [-0.25, -0.2) is 0 Å². The van der Waals surface area contributed by atoms with Crippen molar-refractivity contribution in [1.82, 2.24) is 4.90 Å². The highest BCUT2D eigenvalue weighted by Gasteiger charge is 2.31. The fourth-order valence-electron chi connectivity index (χ4n) is 2.85. The van der Waals surface area contributed by atoms with Gasteiger partial charge in [-0.3, -0.25) is 4.79 Å². The SMILES string of the molecule is O=C(C1=Cc2cc(Cl)ccc2OC1)N1CC[C@H](CO)[C@@H](O)C1. The molecule has 2 N–H and O–H groups in total. The zero-order valence-electron chi connectivity index (χ0n) is 12.0. The molecule has 118 valence electrons. The van der Waals surface area contributed by atoms with Gasteiger partial charge in [0, 0.05) is 36.2 Å². The van der Waals surface area contributed by atoms with Gasteiger partial charge in [0.2, 0.25) is 0 Å². The van der Waals surface area contributed by atoms with Crippen molar-refractivity contribution in [2.75, 3.05) is 26.3 Å². The molecule has 2 heterocycles. The smallest absolute Gasteiger partial charge is 0.253 e. The summed E-state index contributed by atoms with van der Waals surface area (Å²) in [5.41, 5.74) is 1.33. The number of carbonyl (C=O) groups excluding carboxylic acids is 1. The summed E-state index contributed by atoms with van der Waals surface area (Å²) in [4.78, 5) is 14.2. The average molecular weight is 324 g/mol. The molecule has 5 nitrogen and oxygen atoms in total. The van der Waals surface area contributed by atoms with Crippen LogP contribution in [0.4, 0.5) is 0 Å². The molecular formula is C16H18ClNO4. The summed E-state index contributed by atoms with van der Waals surface area (Å²) in [7, 11) is 0. The van der Waals surface area contributed by atoms with Crippen LogP contribution < -0.4 is 4.74 Å². The number of hydrogen-bond acceptors (Lipinski definition) is 4. The van der Waals surface area contributed by atoms with Crippen molar-refractivity contribution >= 4 is 23.6 Å². The summed E-state index contributed by atoms with van der Waals surface area (Å²) in [5.74, 6) is 0.418. The number of aliphatic hydroxyl groups is 2. The van der Waals surface area contributed by atoms with Crippen LogP contribution in [0.5, 0.6) is 5.75 Å². The molecular weight excluding hydrogens is 306 g/mol. The molecule has 0 aromatic heterocycles. The van der Waals surface area contributed by atoms with Crippen molar-refractivity contribution in [3.05, 3.63) is 34.4 Å². The molecule has 1 saturated heterocycles. The molecule has 1 aromatic rings. The highest BCUT2D eigenvalue weighted by atomic mass is 35.5. The van der Waals surface area contributed by atoms with E-state index in [4.69, 9.17) is 21.4 Å². The Balaban J connectivity index is 1.76. The van der Waals surface area contributed by atoms with Crippen LogP contribution in [-0.2, 0) is 4.79 Å². The largest absolute Gasteiger partial charge is 0.488 e. The van der Waals surface area contributed by atoms with Crippen molar-refractivity contribution in [3.8, 4) is 5.75 Å². The minimum atomic E-state index is -0.686. The summed E-state index contributed by atoms with van der Waals surface area (Å²) >= 11 is 5.97. The van der Waals surface area contributed by atoms with Gasteiger partial charge < -0.3 is 19.8 Å². The van der Waals surface area contributed by atoms with Gasteiger partial charge in [0.05, 0.1) is 11.7 Å². The lowest BCUT2D eigenvalue weighted by Crippen LogP contribution is -2.48. The van der Waals surface area contributed by atoms with E-state index in [0.29, 0.717) is 29.3 Å². The summed E-state index contributed by atoms with van der Waals surface area (Å²) in [5, 5.41) is 19.7. The molecule has 2 atom stereocenters. The molecule has 22 heavy (non-hydrogen) atoms. The second-order valence-electron chi connectivity index (χ2n) is 5.69. The molecule has 0 radical (unpaired) electrons. The molecule has 0 bridgehead atoms. The quantitative estimate of drug-likeness (QED) is 0.861. The van der Waals surface area contributed by atoms with Crippen molar-refractivity contribution < 1.29 is 19.7 Å². The molecule has 1 fully saturated rings. The molecule has 2 aliphatic heterocycles. The fraction of sp³-hybridized carbons (Fsp3) is 0.438. The Hall–Kier alpha value is -1.56. The van der Waals surface area contributed by atoms with Gasteiger partial charge in [-0.05, 0) is 30.7 Å². The first-order chi connectivity index (χ1) is 10.6. The predicted molar refractivity (Wildman–Crippen MR) is 82.7 cm³/mol. The maximum Gasteiger partial charge on any atom is 0.253 e. The normalized spacial score (nSPS) is 24.3. The number of carbonyl (C=O) groups is 1. The lowest BCUT2D eigenvalue weighted by Gasteiger charge is -2.35. The number of aliphatic hydroxyl groups excluding tert-OH is 2. The number of ether oxygens (including phenoxy) is 1. The Kier molecular flexibility index (Phi) is 4.38. The lowest BCUT2D eigenvalue weighted by atomic mass is 9.94. The van der Waals surface area contributed by atoms with Crippen molar-refractivity contribution in [1.29, 1.82) is 0 Å². The third-order valence-corrected chi connectivity index (χ3v) is 4.44. The molecule has 6 heteroatoms. The summed E-state index contributed by atoms with van der Waals surface area (Å²) in [6.45, 7) is 0.926. The first-order valence-corrected chi connectivity index (χ1v) is 7.67. The third kappa shape index (κ3) is 2.97. The van der Waals surface area contributed by atoms with E-state index in [1.807, 2.05) is 0 Å². The highest BCUT2D eigenvalue weighted by molar-refractivity contribution is 6.30. The van der Waals surface area contributed by atoms with E-state index >= 15 is 0 Å². The lowest BCUT2D eigenvalue weighted by molar-refractivity contribution is -0.132. The Labute approximate surface area is 133 Å². The molecule has 2 aliphatic rings. The minimum absolute atomic E-state index is 0.0547. The second-order valence-corrected chi connectivity index (χ2v) is 6.13. The van der Waals surface area contributed by atoms with Gasteiger partial charge in [0.25, 0.3) is 5.91 Å².